The van der Waals surface area contributed by atoms with Crippen molar-refractivity contribution in [1.82, 2.24) is 5.43 Å². The Morgan fingerprint density at radius 3 is 2.55 bits per heavy atom. The minimum absolute atomic E-state index is 0.294. The summed E-state index contributed by atoms with van der Waals surface area (Å²) >= 11 is 5.99. The van der Waals surface area contributed by atoms with Crippen LogP contribution < -0.4 is 14.9 Å². The highest BCUT2D eigenvalue weighted by Crippen LogP contribution is 2.16. The van der Waals surface area contributed by atoms with Gasteiger partial charge in [-0.3, -0.25) is 4.79 Å². The van der Waals surface area contributed by atoms with Gasteiger partial charge in [-0.1, -0.05) is 35.9 Å². The molecule has 0 aromatic heterocycles. The lowest BCUT2D eigenvalue weighted by Crippen LogP contribution is -2.17. The molecule has 1 amide bonds. The van der Waals surface area contributed by atoms with Gasteiger partial charge in [-0.15, -0.1) is 0 Å². The number of carbonyl (C=O) groups is 1. The van der Waals surface area contributed by atoms with E-state index in [1.54, 1.807) is 30.5 Å². The van der Waals surface area contributed by atoms with E-state index < -0.39 is 0 Å². The summed E-state index contributed by atoms with van der Waals surface area (Å²) in [5, 5.41) is 4.70. The molecule has 3 aromatic rings. The van der Waals surface area contributed by atoms with Gasteiger partial charge in [-0.25, -0.2) is 5.43 Å². The number of rotatable bonds is 8. The van der Waals surface area contributed by atoms with Crippen molar-refractivity contribution in [1.29, 1.82) is 0 Å². The number of benzene rings is 3. The maximum Gasteiger partial charge on any atom is 0.271 e. The Morgan fingerprint density at radius 2 is 1.79 bits per heavy atom. The smallest absolute Gasteiger partial charge is 0.271 e. The molecule has 0 aliphatic rings. The zero-order chi connectivity index (χ0) is 20.5. The monoisotopic (exact) mass is 408 g/mol. The lowest BCUT2D eigenvalue weighted by atomic mass is 10.2. The zero-order valence-electron chi connectivity index (χ0n) is 16.0. The van der Waals surface area contributed by atoms with E-state index in [-0.39, 0.29) is 5.91 Å². The van der Waals surface area contributed by atoms with Crippen molar-refractivity contribution in [2.75, 3.05) is 6.61 Å². The molecule has 0 saturated carbocycles. The third kappa shape index (κ3) is 6.36. The van der Waals surface area contributed by atoms with Crippen LogP contribution in [0.3, 0.4) is 0 Å². The molecule has 0 heterocycles. The van der Waals surface area contributed by atoms with E-state index in [9.17, 15) is 4.79 Å². The Balaban J connectivity index is 1.55. The molecule has 3 aromatic carbocycles. The Kier molecular flexibility index (Phi) is 7.25. The first-order valence-electron chi connectivity index (χ1n) is 9.17. The molecule has 29 heavy (non-hydrogen) atoms. The molecular weight excluding hydrogens is 388 g/mol. The van der Waals surface area contributed by atoms with Gasteiger partial charge in [0.05, 0.1) is 12.8 Å². The molecule has 0 saturated heterocycles. The average molecular weight is 409 g/mol. The largest absolute Gasteiger partial charge is 0.494 e. The van der Waals surface area contributed by atoms with Crippen molar-refractivity contribution in [3.63, 3.8) is 0 Å². The van der Waals surface area contributed by atoms with E-state index in [0.717, 1.165) is 16.9 Å². The maximum atomic E-state index is 12.2. The molecule has 0 aliphatic heterocycles. The number of hydrazone groups is 1. The van der Waals surface area contributed by atoms with Gasteiger partial charge in [-0.05, 0) is 66.6 Å². The number of carbonyl (C=O) groups excluding carboxylic acids is 1. The SMILES string of the molecule is CCOc1ccc(C(=O)N/N=C\c2cccc(OCc3cccc(Cl)c3)c2)cc1. The molecule has 0 radical (unpaired) electrons. The molecule has 0 unspecified atom stereocenters. The van der Waals surface area contributed by atoms with Crippen molar-refractivity contribution < 1.29 is 14.3 Å². The predicted octanol–water partition coefficient (Wildman–Crippen LogP) is 5.08. The standard InChI is InChI=1S/C23H21ClN2O3/c1-2-28-21-11-9-19(10-12-21)23(27)26-25-15-17-5-4-8-22(14-17)29-16-18-6-3-7-20(24)13-18/h3-15H,2,16H2,1H3,(H,26,27)/b25-15-. The van der Waals surface area contributed by atoms with Gasteiger partial charge in [0, 0.05) is 10.6 Å². The fourth-order valence-electron chi connectivity index (χ4n) is 2.58. The molecule has 148 valence electrons. The van der Waals surface area contributed by atoms with Crippen LogP contribution in [0.1, 0.15) is 28.4 Å². The summed E-state index contributed by atoms with van der Waals surface area (Å²) < 4.78 is 11.2. The number of nitrogens with zero attached hydrogens (tertiary/aromatic N) is 1. The minimum Gasteiger partial charge on any atom is -0.494 e. The number of hydrogen-bond acceptors (Lipinski definition) is 4. The molecular formula is C23H21ClN2O3. The third-order valence-corrected chi connectivity index (χ3v) is 4.19. The fourth-order valence-corrected chi connectivity index (χ4v) is 2.79. The summed E-state index contributed by atoms with van der Waals surface area (Å²) in [6.45, 7) is 2.90. The highest BCUT2D eigenvalue weighted by Gasteiger charge is 2.04. The summed E-state index contributed by atoms with van der Waals surface area (Å²) in [7, 11) is 0. The molecule has 0 fully saturated rings. The Hall–Kier alpha value is -3.31. The summed E-state index contributed by atoms with van der Waals surface area (Å²) in [5.41, 5.74) is 4.81. The van der Waals surface area contributed by atoms with Crippen LogP contribution in [0.5, 0.6) is 11.5 Å². The van der Waals surface area contributed by atoms with E-state index >= 15 is 0 Å². The second-order valence-corrected chi connectivity index (χ2v) is 6.58. The minimum atomic E-state index is -0.294. The number of hydrogen-bond donors (Lipinski definition) is 1. The van der Waals surface area contributed by atoms with Crippen LogP contribution in [-0.4, -0.2) is 18.7 Å². The summed E-state index contributed by atoms with van der Waals surface area (Å²) in [6.07, 6.45) is 1.57. The molecule has 3 rings (SSSR count). The average Bonchev–Trinajstić information content (AvgIpc) is 2.73. The predicted molar refractivity (Wildman–Crippen MR) is 115 cm³/mol. The van der Waals surface area contributed by atoms with Gasteiger partial charge in [0.1, 0.15) is 18.1 Å². The van der Waals surface area contributed by atoms with E-state index in [2.05, 4.69) is 10.5 Å². The van der Waals surface area contributed by atoms with Crippen LogP contribution in [0, 0.1) is 0 Å². The maximum absolute atomic E-state index is 12.2. The second-order valence-electron chi connectivity index (χ2n) is 6.15. The van der Waals surface area contributed by atoms with Crippen LogP contribution in [-0.2, 0) is 6.61 Å². The Labute approximate surface area is 174 Å². The summed E-state index contributed by atoms with van der Waals surface area (Å²) in [5.74, 6) is 1.13. The first-order valence-corrected chi connectivity index (χ1v) is 9.55. The molecule has 0 atom stereocenters. The van der Waals surface area contributed by atoms with Gasteiger partial charge in [0.2, 0.25) is 0 Å². The highest BCUT2D eigenvalue weighted by molar-refractivity contribution is 6.30. The summed E-state index contributed by atoms with van der Waals surface area (Å²) in [6, 6.07) is 21.9. The van der Waals surface area contributed by atoms with Crippen LogP contribution in [0.15, 0.2) is 77.9 Å². The highest BCUT2D eigenvalue weighted by atomic mass is 35.5. The van der Waals surface area contributed by atoms with Gasteiger partial charge < -0.3 is 9.47 Å². The van der Waals surface area contributed by atoms with Gasteiger partial charge in [0.15, 0.2) is 0 Å². The molecule has 1 N–H and O–H groups in total. The normalized spacial score (nSPS) is 10.7. The van der Waals surface area contributed by atoms with Crippen LogP contribution in [0.2, 0.25) is 5.02 Å². The van der Waals surface area contributed by atoms with Gasteiger partial charge in [-0.2, -0.15) is 5.10 Å². The van der Waals surface area contributed by atoms with Gasteiger partial charge in [0.25, 0.3) is 5.91 Å². The third-order valence-electron chi connectivity index (χ3n) is 3.96. The van der Waals surface area contributed by atoms with Crippen LogP contribution >= 0.6 is 11.6 Å². The molecule has 0 bridgehead atoms. The molecule has 6 heteroatoms. The lowest BCUT2D eigenvalue weighted by molar-refractivity contribution is 0.0955. The van der Waals surface area contributed by atoms with Crippen LogP contribution in [0.4, 0.5) is 0 Å². The van der Waals surface area contributed by atoms with Crippen molar-refractivity contribution >= 4 is 23.7 Å². The van der Waals surface area contributed by atoms with Gasteiger partial charge >= 0.3 is 0 Å². The Bertz CT molecular complexity index is 987. The van der Waals surface area contributed by atoms with E-state index in [1.165, 1.54) is 0 Å². The van der Waals surface area contributed by atoms with Crippen molar-refractivity contribution in [3.8, 4) is 11.5 Å². The summed E-state index contributed by atoms with van der Waals surface area (Å²) in [4.78, 5) is 12.2. The number of ether oxygens (including phenoxy) is 2. The molecule has 0 spiro atoms. The van der Waals surface area contributed by atoms with Crippen molar-refractivity contribution in [3.05, 3.63) is 94.5 Å². The molecule has 5 nitrogen and oxygen atoms in total. The number of halogens is 1. The van der Waals surface area contributed by atoms with E-state index in [0.29, 0.717) is 29.5 Å². The molecule has 0 aliphatic carbocycles. The van der Waals surface area contributed by atoms with Crippen LogP contribution in [0.25, 0.3) is 0 Å². The van der Waals surface area contributed by atoms with E-state index in [4.69, 9.17) is 21.1 Å². The first kappa shape index (κ1) is 20.4. The zero-order valence-corrected chi connectivity index (χ0v) is 16.7. The fraction of sp³-hybridized carbons (Fsp3) is 0.130. The quantitative estimate of drug-likeness (QED) is 0.417. The topological polar surface area (TPSA) is 59.9 Å². The second kappa shape index (κ2) is 10.3. The van der Waals surface area contributed by atoms with E-state index in [1.807, 2.05) is 55.5 Å². The lowest BCUT2D eigenvalue weighted by Gasteiger charge is -2.07. The first-order chi connectivity index (χ1) is 14.1. The Morgan fingerprint density at radius 1 is 1.00 bits per heavy atom. The number of nitrogens with one attached hydrogen (secondary N) is 1. The van der Waals surface area contributed by atoms with Crippen molar-refractivity contribution in [2.24, 2.45) is 5.10 Å². The van der Waals surface area contributed by atoms with Crippen molar-refractivity contribution in [2.45, 2.75) is 13.5 Å². The number of amides is 1.